The lowest BCUT2D eigenvalue weighted by atomic mass is 10.1. The number of ether oxygens (including phenoxy) is 1. The average Bonchev–Trinajstić information content (AvgIpc) is 2.32. The van der Waals surface area contributed by atoms with Crippen LogP contribution in [-0.2, 0) is 4.74 Å². The minimum Gasteiger partial charge on any atom is -0.374 e. The molecule has 2 aliphatic heterocycles. The van der Waals surface area contributed by atoms with Crippen LogP contribution in [0.2, 0.25) is 0 Å². The van der Waals surface area contributed by atoms with Gasteiger partial charge in [-0.05, 0) is 32.5 Å². The maximum atomic E-state index is 5.84. The molecule has 0 aliphatic carbocycles. The van der Waals surface area contributed by atoms with Crippen molar-refractivity contribution in [3.8, 4) is 0 Å². The molecule has 2 fully saturated rings. The van der Waals surface area contributed by atoms with Crippen LogP contribution < -0.4 is 0 Å². The monoisotopic (exact) mass is 290 g/mol. The highest BCUT2D eigenvalue weighted by atomic mass is 79.9. The van der Waals surface area contributed by atoms with Gasteiger partial charge in [-0.2, -0.15) is 0 Å². The fraction of sp³-hybridized carbons (Fsp3) is 1.00. The number of halogens is 1. The molecule has 0 N–H and O–H groups in total. The quantitative estimate of drug-likeness (QED) is 0.734. The lowest BCUT2D eigenvalue weighted by Crippen LogP contribution is -2.48. The van der Waals surface area contributed by atoms with E-state index in [1.54, 1.807) is 0 Å². The van der Waals surface area contributed by atoms with Gasteiger partial charge in [0.2, 0.25) is 0 Å². The Morgan fingerprint density at radius 2 is 1.94 bits per heavy atom. The average molecular weight is 291 g/mol. The number of nitrogens with zero attached hydrogens (tertiary/aromatic N) is 2. The van der Waals surface area contributed by atoms with Gasteiger partial charge in [-0.25, -0.2) is 0 Å². The molecule has 0 amide bonds. The van der Waals surface area contributed by atoms with E-state index in [0.717, 1.165) is 37.6 Å². The predicted octanol–water partition coefficient (Wildman–Crippen LogP) is 1.57. The highest BCUT2D eigenvalue weighted by Gasteiger charge is 2.24. The molecule has 4 heteroatoms. The molecular weight excluding hydrogens is 268 g/mol. The zero-order valence-electron chi connectivity index (χ0n) is 10.2. The molecule has 0 radical (unpaired) electrons. The topological polar surface area (TPSA) is 15.7 Å². The maximum absolute atomic E-state index is 5.84. The smallest absolute Gasteiger partial charge is 0.0829 e. The lowest BCUT2D eigenvalue weighted by Gasteiger charge is -2.37. The van der Waals surface area contributed by atoms with E-state index in [0.29, 0.717) is 6.10 Å². The molecule has 2 saturated heterocycles. The Morgan fingerprint density at radius 1 is 1.19 bits per heavy atom. The molecular formula is C12H23BrN2O. The molecule has 2 aliphatic rings. The summed E-state index contributed by atoms with van der Waals surface area (Å²) in [6.07, 6.45) is 3.00. The van der Waals surface area contributed by atoms with E-state index >= 15 is 0 Å². The normalized spacial score (nSPS) is 30.8. The van der Waals surface area contributed by atoms with E-state index in [2.05, 4.69) is 32.7 Å². The number of rotatable bonds is 3. The van der Waals surface area contributed by atoms with Crippen molar-refractivity contribution in [3.05, 3.63) is 0 Å². The summed E-state index contributed by atoms with van der Waals surface area (Å²) in [7, 11) is 0. The van der Waals surface area contributed by atoms with Crippen molar-refractivity contribution < 1.29 is 4.74 Å². The summed E-state index contributed by atoms with van der Waals surface area (Å²) in [5.74, 6) is 0. The van der Waals surface area contributed by atoms with E-state index in [1.807, 2.05) is 0 Å². The fourth-order valence-corrected chi connectivity index (χ4v) is 2.96. The summed E-state index contributed by atoms with van der Waals surface area (Å²) in [5, 5.41) is 0. The summed E-state index contributed by atoms with van der Waals surface area (Å²) in [4.78, 5) is 5.79. The van der Waals surface area contributed by atoms with Crippen molar-refractivity contribution in [2.24, 2.45) is 0 Å². The molecule has 0 spiro atoms. The van der Waals surface area contributed by atoms with Crippen LogP contribution in [0.4, 0.5) is 0 Å². The summed E-state index contributed by atoms with van der Waals surface area (Å²) in [5.41, 5.74) is 0. The molecule has 0 aromatic rings. The van der Waals surface area contributed by atoms with Gasteiger partial charge in [-0.3, -0.25) is 4.90 Å². The van der Waals surface area contributed by atoms with Gasteiger partial charge in [0.1, 0.15) is 0 Å². The van der Waals surface area contributed by atoms with Crippen LogP contribution in [-0.4, -0.2) is 66.6 Å². The number of morpholine rings is 1. The van der Waals surface area contributed by atoms with Crippen LogP contribution in [0.25, 0.3) is 0 Å². The van der Waals surface area contributed by atoms with E-state index in [1.165, 1.54) is 25.9 Å². The second kappa shape index (κ2) is 6.34. The first-order chi connectivity index (χ1) is 7.78. The van der Waals surface area contributed by atoms with Crippen LogP contribution in [0.15, 0.2) is 0 Å². The number of hydrogen-bond donors (Lipinski definition) is 0. The Kier molecular flexibility index (Phi) is 5.07. The van der Waals surface area contributed by atoms with Gasteiger partial charge in [-0.1, -0.05) is 22.9 Å². The Hall–Kier alpha value is 0.360. The summed E-state index contributed by atoms with van der Waals surface area (Å²) >= 11 is 3.70. The molecule has 16 heavy (non-hydrogen) atoms. The van der Waals surface area contributed by atoms with E-state index in [-0.39, 0.29) is 0 Å². The van der Waals surface area contributed by atoms with Crippen LogP contribution in [0.3, 0.4) is 0 Å². The van der Waals surface area contributed by atoms with E-state index < -0.39 is 0 Å². The minimum absolute atomic E-state index is 0.431. The lowest BCUT2D eigenvalue weighted by molar-refractivity contribution is -0.0434. The van der Waals surface area contributed by atoms with Gasteiger partial charge < -0.3 is 9.64 Å². The van der Waals surface area contributed by atoms with Gasteiger partial charge in [0.25, 0.3) is 0 Å². The van der Waals surface area contributed by atoms with Crippen LogP contribution in [0, 0.1) is 0 Å². The first kappa shape index (κ1) is 12.8. The third kappa shape index (κ3) is 3.69. The first-order valence-corrected chi connectivity index (χ1v) is 7.40. The maximum Gasteiger partial charge on any atom is 0.0829 e. The third-order valence-corrected chi connectivity index (χ3v) is 4.56. The molecule has 94 valence electrons. The zero-order valence-corrected chi connectivity index (χ0v) is 11.8. The van der Waals surface area contributed by atoms with Crippen LogP contribution in [0.5, 0.6) is 0 Å². The molecule has 3 nitrogen and oxygen atoms in total. The summed E-state index contributed by atoms with van der Waals surface area (Å²) < 4.78 is 5.84. The minimum atomic E-state index is 0.431. The Bertz CT molecular complexity index is 207. The van der Waals surface area contributed by atoms with Gasteiger partial charge in [0.15, 0.2) is 0 Å². The number of hydrogen-bond acceptors (Lipinski definition) is 3. The van der Waals surface area contributed by atoms with Crippen molar-refractivity contribution >= 4 is 15.9 Å². The molecule has 0 aromatic heterocycles. The van der Waals surface area contributed by atoms with Gasteiger partial charge in [-0.15, -0.1) is 0 Å². The van der Waals surface area contributed by atoms with Gasteiger partial charge in [0.05, 0.1) is 12.7 Å². The van der Waals surface area contributed by atoms with E-state index in [9.17, 15) is 0 Å². The van der Waals surface area contributed by atoms with Gasteiger partial charge >= 0.3 is 0 Å². The molecule has 0 saturated carbocycles. The Labute approximate surface area is 107 Å². The van der Waals surface area contributed by atoms with E-state index in [4.69, 9.17) is 4.74 Å². The summed E-state index contributed by atoms with van der Waals surface area (Å²) in [6, 6.07) is 0. The van der Waals surface area contributed by atoms with Crippen molar-refractivity contribution in [2.75, 3.05) is 45.9 Å². The molecule has 1 unspecified atom stereocenters. The van der Waals surface area contributed by atoms with Crippen LogP contribution in [0.1, 0.15) is 19.8 Å². The number of likely N-dealkylation sites (N-methyl/N-ethyl adjacent to an activating group) is 1. The second-order valence-electron chi connectivity index (χ2n) is 4.86. The van der Waals surface area contributed by atoms with Crippen molar-refractivity contribution in [1.29, 1.82) is 0 Å². The number of alkyl halides is 1. The Morgan fingerprint density at radius 3 is 2.62 bits per heavy atom. The number of piperidine rings is 1. The molecule has 2 heterocycles. The van der Waals surface area contributed by atoms with Gasteiger partial charge in [0, 0.05) is 24.5 Å². The largest absolute Gasteiger partial charge is 0.374 e. The molecule has 1 atom stereocenters. The fourth-order valence-electron chi connectivity index (χ4n) is 2.55. The SMILES string of the molecule is CCN1CCOC(CN2CCC(Br)CC2)C1. The zero-order chi connectivity index (χ0) is 11.4. The number of likely N-dealkylation sites (tertiary alicyclic amines) is 1. The molecule has 2 rings (SSSR count). The molecule has 0 bridgehead atoms. The first-order valence-electron chi connectivity index (χ1n) is 6.48. The highest BCUT2D eigenvalue weighted by molar-refractivity contribution is 9.09. The highest BCUT2D eigenvalue weighted by Crippen LogP contribution is 2.18. The second-order valence-corrected chi connectivity index (χ2v) is 6.16. The summed E-state index contributed by atoms with van der Waals surface area (Å²) in [6.45, 7) is 10.1. The molecule has 0 aromatic carbocycles. The Balaban J connectivity index is 1.72. The van der Waals surface area contributed by atoms with Crippen molar-refractivity contribution in [3.63, 3.8) is 0 Å². The third-order valence-electron chi connectivity index (χ3n) is 3.65. The van der Waals surface area contributed by atoms with Crippen molar-refractivity contribution in [1.82, 2.24) is 9.80 Å². The predicted molar refractivity (Wildman–Crippen MR) is 70.2 cm³/mol. The standard InChI is InChI=1S/C12H23BrN2O/c1-2-14-7-8-16-12(9-14)10-15-5-3-11(13)4-6-15/h11-12H,2-10H2,1H3. The van der Waals surface area contributed by atoms with Crippen molar-refractivity contribution in [2.45, 2.75) is 30.7 Å². The van der Waals surface area contributed by atoms with Crippen LogP contribution >= 0.6 is 15.9 Å².